The van der Waals surface area contributed by atoms with Gasteiger partial charge in [0, 0.05) is 19.0 Å². The summed E-state index contributed by atoms with van der Waals surface area (Å²) >= 11 is 0. The fourth-order valence-electron chi connectivity index (χ4n) is 5.13. The van der Waals surface area contributed by atoms with E-state index in [1.165, 1.54) is 17.0 Å². The summed E-state index contributed by atoms with van der Waals surface area (Å²) in [5.41, 5.74) is 1.62. The number of nitrogens with one attached hydrogen (secondary N) is 2. The zero-order valence-electron chi connectivity index (χ0n) is 24.7. The third-order valence-corrected chi connectivity index (χ3v) is 7.20. The van der Waals surface area contributed by atoms with Crippen molar-refractivity contribution in [3.63, 3.8) is 0 Å². The standard InChI is InChI=1S/C32H45N3O6/c1-5-22-11-15-24(16-12-22)28(29(38)33-25-9-7-6-8-10-25)35(19-20-36)30(39)27(34-31(40)41-32(2,3)4)21-23-13-17-26(37)18-14-23/h11-18,25,27-28,36-37H,5-10,19-21H2,1-4H3,(H,33,38)(H,34,40). The SMILES string of the molecule is CCc1ccc(C(C(=O)NC2CCCCC2)N(CCO)C(=O)C(Cc2ccc(O)cc2)NC(=O)OC(C)(C)C)cc1. The first kappa shape index (κ1) is 31.9. The van der Waals surface area contributed by atoms with Crippen LogP contribution in [0.4, 0.5) is 4.79 Å². The molecule has 2 aromatic carbocycles. The molecule has 1 aliphatic carbocycles. The third-order valence-electron chi connectivity index (χ3n) is 7.20. The zero-order chi connectivity index (χ0) is 30.0. The third kappa shape index (κ3) is 9.78. The molecular formula is C32H45N3O6. The van der Waals surface area contributed by atoms with E-state index in [0.717, 1.165) is 44.1 Å². The highest BCUT2D eigenvalue weighted by molar-refractivity contribution is 5.92. The van der Waals surface area contributed by atoms with Crippen molar-refractivity contribution >= 4 is 17.9 Å². The number of ether oxygens (including phenoxy) is 1. The molecule has 1 aliphatic rings. The fraction of sp³-hybridized carbons (Fsp3) is 0.531. The van der Waals surface area contributed by atoms with Crippen LogP contribution in [0.15, 0.2) is 48.5 Å². The Morgan fingerprint density at radius 3 is 2.15 bits per heavy atom. The number of carbonyl (C=O) groups is 3. The molecule has 0 aliphatic heterocycles. The molecule has 3 amide bonds. The lowest BCUT2D eigenvalue weighted by molar-refractivity contribution is -0.143. The summed E-state index contributed by atoms with van der Waals surface area (Å²) in [5, 5.41) is 25.6. The van der Waals surface area contributed by atoms with Crippen LogP contribution in [0.25, 0.3) is 0 Å². The van der Waals surface area contributed by atoms with Crippen molar-refractivity contribution < 1.29 is 29.3 Å². The predicted octanol–water partition coefficient (Wildman–Crippen LogP) is 4.40. The van der Waals surface area contributed by atoms with Crippen molar-refractivity contribution in [2.45, 2.75) is 96.4 Å². The topological polar surface area (TPSA) is 128 Å². The van der Waals surface area contributed by atoms with Gasteiger partial charge in [0.25, 0.3) is 0 Å². The van der Waals surface area contributed by atoms with Crippen molar-refractivity contribution in [1.29, 1.82) is 0 Å². The molecule has 1 saturated carbocycles. The van der Waals surface area contributed by atoms with Gasteiger partial charge in [-0.05, 0) is 68.9 Å². The predicted molar refractivity (Wildman–Crippen MR) is 157 cm³/mol. The van der Waals surface area contributed by atoms with Crippen molar-refractivity contribution in [3.05, 3.63) is 65.2 Å². The van der Waals surface area contributed by atoms with Gasteiger partial charge in [-0.15, -0.1) is 0 Å². The van der Waals surface area contributed by atoms with Gasteiger partial charge in [0.2, 0.25) is 11.8 Å². The maximum absolute atomic E-state index is 14.3. The molecule has 9 nitrogen and oxygen atoms in total. The number of carbonyl (C=O) groups excluding carboxylic acids is 3. The van der Waals surface area contributed by atoms with Crippen LogP contribution in [-0.2, 0) is 27.2 Å². The number of hydrogen-bond donors (Lipinski definition) is 4. The monoisotopic (exact) mass is 567 g/mol. The van der Waals surface area contributed by atoms with Crippen LogP contribution >= 0.6 is 0 Å². The van der Waals surface area contributed by atoms with Gasteiger partial charge in [-0.2, -0.15) is 0 Å². The van der Waals surface area contributed by atoms with Gasteiger partial charge in [0.05, 0.1) is 6.61 Å². The average Bonchev–Trinajstić information content (AvgIpc) is 2.93. The Hall–Kier alpha value is -3.59. The van der Waals surface area contributed by atoms with Gasteiger partial charge in [0.1, 0.15) is 23.4 Å². The zero-order valence-corrected chi connectivity index (χ0v) is 24.7. The Kier molecular flexibility index (Phi) is 11.6. The highest BCUT2D eigenvalue weighted by Gasteiger charge is 2.37. The number of nitrogens with zero attached hydrogens (tertiary/aromatic N) is 1. The highest BCUT2D eigenvalue weighted by atomic mass is 16.6. The lowest BCUT2D eigenvalue weighted by atomic mass is 9.94. The molecule has 2 atom stereocenters. The minimum Gasteiger partial charge on any atom is -0.508 e. The molecule has 2 unspecified atom stereocenters. The van der Waals surface area contributed by atoms with Crippen LogP contribution in [0, 0.1) is 0 Å². The Bertz CT molecular complexity index is 1140. The number of aryl methyl sites for hydroxylation is 1. The molecule has 0 bridgehead atoms. The van der Waals surface area contributed by atoms with Crippen molar-refractivity contribution in [2.24, 2.45) is 0 Å². The maximum Gasteiger partial charge on any atom is 0.408 e. The summed E-state index contributed by atoms with van der Waals surface area (Å²) in [5.74, 6) is -0.765. The largest absolute Gasteiger partial charge is 0.508 e. The molecule has 41 heavy (non-hydrogen) atoms. The Morgan fingerprint density at radius 2 is 1.59 bits per heavy atom. The molecule has 0 saturated heterocycles. The van der Waals surface area contributed by atoms with E-state index in [-0.39, 0.29) is 37.3 Å². The molecule has 1 fully saturated rings. The van der Waals surface area contributed by atoms with Gasteiger partial charge in [-0.25, -0.2) is 4.79 Å². The van der Waals surface area contributed by atoms with E-state index in [2.05, 4.69) is 10.6 Å². The van der Waals surface area contributed by atoms with Crippen LogP contribution < -0.4 is 10.6 Å². The van der Waals surface area contributed by atoms with E-state index in [1.807, 2.05) is 31.2 Å². The van der Waals surface area contributed by atoms with E-state index in [1.54, 1.807) is 32.9 Å². The lowest BCUT2D eigenvalue weighted by Gasteiger charge is -2.35. The van der Waals surface area contributed by atoms with Gasteiger partial charge in [-0.3, -0.25) is 9.59 Å². The lowest BCUT2D eigenvalue weighted by Crippen LogP contribution is -2.55. The number of aliphatic hydroxyl groups excluding tert-OH is 1. The van der Waals surface area contributed by atoms with Crippen LogP contribution in [0.2, 0.25) is 0 Å². The van der Waals surface area contributed by atoms with Crippen LogP contribution in [0.1, 0.15) is 82.5 Å². The number of phenolic OH excluding ortho intramolecular Hbond substituents is 1. The second-order valence-electron chi connectivity index (χ2n) is 11.7. The summed E-state index contributed by atoms with van der Waals surface area (Å²) in [7, 11) is 0. The smallest absolute Gasteiger partial charge is 0.408 e. The molecule has 2 aromatic rings. The van der Waals surface area contributed by atoms with Crippen molar-refractivity contribution in [2.75, 3.05) is 13.2 Å². The number of rotatable bonds is 11. The first-order valence-corrected chi connectivity index (χ1v) is 14.6. The summed E-state index contributed by atoms with van der Waals surface area (Å²) in [6, 6.07) is 11.8. The number of benzene rings is 2. The van der Waals surface area contributed by atoms with Gasteiger partial charge >= 0.3 is 6.09 Å². The highest BCUT2D eigenvalue weighted by Crippen LogP contribution is 2.26. The molecule has 0 heterocycles. The Balaban J connectivity index is 1.99. The number of amides is 3. The molecule has 0 aromatic heterocycles. The number of alkyl carbamates (subject to hydrolysis) is 1. The summed E-state index contributed by atoms with van der Waals surface area (Å²) in [4.78, 5) is 42.3. The Morgan fingerprint density at radius 1 is 0.976 bits per heavy atom. The van der Waals surface area contributed by atoms with E-state index >= 15 is 0 Å². The van der Waals surface area contributed by atoms with E-state index in [9.17, 15) is 24.6 Å². The first-order chi connectivity index (χ1) is 19.5. The summed E-state index contributed by atoms with van der Waals surface area (Å²) < 4.78 is 5.44. The van der Waals surface area contributed by atoms with Crippen LogP contribution in [-0.4, -0.2) is 63.9 Å². The van der Waals surface area contributed by atoms with Gasteiger partial charge < -0.3 is 30.5 Å². The Labute approximate surface area is 243 Å². The van der Waals surface area contributed by atoms with E-state index in [0.29, 0.717) is 11.1 Å². The molecule has 0 radical (unpaired) electrons. The molecule has 0 spiro atoms. The second-order valence-corrected chi connectivity index (χ2v) is 11.7. The van der Waals surface area contributed by atoms with Gasteiger partial charge in [0.15, 0.2) is 0 Å². The molecule has 4 N–H and O–H groups in total. The van der Waals surface area contributed by atoms with Gasteiger partial charge in [-0.1, -0.05) is 62.6 Å². The van der Waals surface area contributed by atoms with Crippen molar-refractivity contribution in [3.8, 4) is 5.75 Å². The minimum absolute atomic E-state index is 0.0208. The summed E-state index contributed by atoms with van der Waals surface area (Å²) in [6.45, 7) is 6.75. The average molecular weight is 568 g/mol. The fourth-order valence-corrected chi connectivity index (χ4v) is 5.13. The normalized spacial score (nSPS) is 15.4. The summed E-state index contributed by atoms with van der Waals surface area (Å²) in [6.07, 6.45) is 5.12. The van der Waals surface area contributed by atoms with Crippen LogP contribution in [0.5, 0.6) is 5.75 Å². The minimum atomic E-state index is -1.10. The molecule has 9 heteroatoms. The van der Waals surface area contributed by atoms with E-state index < -0.39 is 29.7 Å². The number of phenols is 1. The maximum atomic E-state index is 14.3. The number of aliphatic hydroxyl groups is 1. The quantitative estimate of drug-likeness (QED) is 0.319. The molecule has 224 valence electrons. The number of hydrogen-bond acceptors (Lipinski definition) is 6. The van der Waals surface area contributed by atoms with Crippen LogP contribution in [0.3, 0.4) is 0 Å². The van der Waals surface area contributed by atoms with Crippen molar-refractivity contribution in [1.82, 2.24) is 15.5 Å². The molecule has 3 rings (SSSR count). The first-order valence-electron chi connectivity index (χ1n) is 14.6. The van der Waals surface area contributed by atoms with E-state index in [4.69, 9.17) is 4.74 Å². The second kappa shape index (κ2) is 14.9. The molecular weight excluding hydrogens is 522 g/mol. The number of aromatic hydroxyl groups is 1.